The largest absolute Gasteiger partial charge is 0.506 e. The minimum Gasteiger partial charge on any atom is -0.454 e. The number of hydrogen-bond donors (Lipinski definition) is 1. The molecule has 3 rings (SSSR count). The summed E-state index contributed by atoms with van der Waals surface area (Å²) in [5, 5.41) is 8.66. The van der Waals surface area contributed by atoms with E-state index in [1.54, 1.807) is 12.1 Å². The predicted molar refractivity (Wildman–Crippen MR) is 66.0 cm³/mol. The summed E-state index contributed by atoms with van der Waals surface area (Å²) in [7, 11) is 0. The predicted octanol–water partition coefficient (Wildman–Crippen LogP) is 1.91. The van der Waals surface area contributed by atoms with Gasteiger partial charge in [-0.05, 0) is 17.7 Å². The molecule has 2 aliphatic heterocycles. The molecule has 0 saturated heterocycles. The van der Waals surface area contributed by atoms with E-state index in [0.717, 1.165) is 5.56 Å². The van der Waals surface area contributed by atoms with Crippen LogP contribution in [0.25, 0.3) is 0 Å². The third-order valence-electron chi connectivity index (χ3n) is 2.92. The fraction of sp³-hybridized carbons (Fsp3) is 0.333. The second kappa shape index (κ2) is 4.65. The average molecular weight is 282 g/mol. The SMILES string of the molecule is O=C(O)OC1Cc2cc3c(cc2C(=O)CS1)OCO3. The fourth-order valence-corrected chi connectivity index (χ4v) is 3.03. The van der Waals surface area contributed by atoms with E-state index >= 15 is 0 Å². The number of carbonyl (C=O) groups excluding carboxylic acids is 1. The molecule has 0 bridgehead atoms. The number of carboxylic acid groups (broad SMARTS) is 1. The standard InChI is InChI=1S/C12H10O6S/c13-8-4-19-11(18-12(14)15)2-6-1-9-10(3-7(6)8)17-5-16-9/h1,3,11H,2,4-5H2,(H,14,15). The number of ketones is 1. The van der Waals surface area contributed by atoms with Gasteiger partial charge in [0.1, 0.15) is 0 Å². The lowest BCUT2D eigenvalue weighted by Gasteiger charge is -2.12. The number of fused-ring (bicyclic) bond motifs is 2. The number of ether oxygens (including phenoxy) is 3. The van der Waals surface area contributed by atoms with Crippen molar-refractivity contribution >= 4 is 23.7 Å². The third kappa shape index (κ3) is 2.33. The van der Waals surface area contributed by atoms with E-state index in [4.69, 9.17) is 19.3 Å². The van der Waals surface area contributed by atoms with E-state index in [1.807, 2.05) is 0 Å². The third-order valence-corrected chi connectivity index (χ3v) is 3.98. The molecule has 100 valence electrons. The molecular weight excluding hydrogens is 272 g/mol. The van der Waals surface area contributed by atoms with Gasteiger partial charge < -0.3 is 19.3 Å². The molecule has 19 heavy (non-hydrogen) atoms. The summed E-state index contributed by atoms with van der Waals surface area (Å²) in [6, 6.07) is 3.38. The van der Waals surface area contributed by atoms with Gasteiger partial charge in [0, 0.05) is 12.0 Å². The molecule has 0 fully saturated rings. The van der Waals surface area contributed by atoms with E-state index < -0.39 is 11.6 Å². The first-order valence-corrected chi connectivity index (χ1v) is 6.65. The van der Waals surface area contributed by atoms with Gasteiger partial charge in [-0.1, -0.05) is 0 Å². The molecule has 6 nitrogen and oxygen atoms in total. The smallest absolute Gasteiger partial charge is 0.454 e. The summed E-state index contributed by atoms with van der Waals surface area (Å²) >= 11 is 1.18. The van der Waals surface area contributed by atoms with E-state index in [0.29, 0.717) is 23.5 Å². The van der Waals surface area contributed by atoms with E-state index in [1.165, 1.54) is 11.8 Å². The Morgan fingerprint density at radius 1 is 1.37 bits per heavy atom. The van der Waals surface area contributed by atoms with Crippen molar-refractivity contribution in [2.24, 2.45) is 0 Å². The molecule has 2 aliphatic rings. The van der Waals surface area contributed by atoms with Gasteiger partial charge in [0.25, 0.3) is 0 Å². The highest BCUT2D eigenvalue weighted by atomic mass is 32.2. The summed E-state index contributed by atoms with van der Waals surface area (Å²) < 4.78 is 15.2. The van der Waals surface area contributed by atoms with Crippen molar-refractivity contribution in [2.75, 3.05) is 12.5 Å². The molecule has 1 unspecified atom stereocenters. The van der Waals surface area contributed by atoms with Crippen LogP contribution in [0.4, 0.5) is 4.79 Å². The Balaban J connectivity index is 1.95. The molecule has 7 heteroatoms. The molecule has 1 aromatic carbocycles. The van der Waals surface area contributed by atoms with Gasteiger partial charge in [0.2, 0.25) is 6.79 Å². The zero-order valence-electron chi connectivity index (χ0n) is 9.75. The minimum absolute atomic E-state index is 0.0604. The molecule has 0 amide bonds. The number of carbonyl (C=O) groups is 2. The lowest BCUT2D eigenvalue weighted by atomic mass is 10.0. The topological polar surface area (TPSA) is 82.1 Å². The first-order valence-electron chi connectivity index (χ1n) is 5.60. The molecule has 0 spiro atoms. The summed E-state index contributed by atoms with van der Waals surface area (Å²) in [4.78, 5) is 22.6. The van der Waals surface area contributed by atoms with Crippen LogP contribution < -0.4 is 9.47 Å². The van der Waals surface area contributed by atoms with Crippen molar-refractivity contribution in [3.63, 3.8) is 0 Å². The van der Waals surface area contributed by atoms with Crippen LogP contribution in [0.1, 0.15) is 15.9 Å². The minimum atomic E-state index is -1.34. The van der Waals surface area contributed by atoms with Gasteiger partial charge in [-0.3, -0.25) is 4.79 Å². The van der Waals surface area contributed by atoms with Crippen molar-refractivity contribution in [3.05, 3.63) is 23.3 Å². The van der Waals surface area contributed by atoms with E-state index in [2.05, 4.69) is 0 Å². The van der Waals surface area contributed by atoms with E-state index in [9.17, 15) is 9.59 Å². The van der Waals surface area contributed by atoms with Gasteiger partial charge in [-0.2, -0.15) is 0 Å². The highest BCUT2D eigenvalue weighted by molar-refractivity contribution is 8.00. The number of benzene rings is 1. The average Bonchev–Trinajstić information content (AvgIpc) is 2.75. The van der Waals surface area contributed by atoms with Crippen molar-refractivity contribution < 1.29 is 28.9 Å². The summed E-state index contributed by atoms with van der Waals surface area (Å²) in [5.74, 6) is 1.25. The first-order chi connectivity index (χ1) is 9.13. The molecule has 0 aromatic heterocycles. The molecule has 1 aromatic rings. The van der Waals surface area contributed by atoms with Crippen LogP contribution in [0.15, 0.2) is 12.1 Å². The second-order valence-electron chi connectivity index (χ2n) is 4.11. The Bertz CT molecular complexity index is 555. The zero-order valence-corrected chi connectivity index (χ0v) is 10.6. The first kappa shape index (κ1) is 12.2. The fourth-order valence-electron chi connectivity index (χ4n) is 2.09. The maximum atomic E-state index is 12.0. The monoisotopic (exact) mass is 282 g/mol. The molecular formula is C12H10O6S. The Hall–Kier alpha value is -1.89. The summed E-state index contributed by atoms with van der Waals surface area (Å²) in [6.07, 6.45) is -0.997. The van der Waals surface area contributed by atoms with Gasteiger partial charge >= 0.3 is 6.16 Å². The van der Waals surface area contributed by atoms with Crippen LogP contribution in [0, 0.1) is 0 Å². The zero-order chi connectivity index (χ0) is 13.4. The number of hydrogen-bond acceptors (Lipinski definition) is 6. The van der Waals surface area contributed by atoms with Crippen molar-refractivity contribution in [3.8, 4) is 11.5 Å². The van der Waals surface area contributed by atoms with Gasteiger partial charge in [-0.15, -0.1) is 11.8 Å². The highest BCUT2D eigenvalue weighted by Crippen LogP contribution is 2.38. The summed E-state index contributed by atoms with van der Waals surface area (Å²) in [5.41, 5.74) is 0.696. The second-order valence-corrected chi connectivity index (χ2v) is 5.26. The Kier molecular flexibility index (Phi) is 2.98. The van der Waals surface area contributed by atoms with Crippen molar-refractivity contribution in [2.45, 2.75) is 11.9 Å². The van der Waals surface area contributed by atoms with Crippen LogP contribution in [0.2, 0.25) is 0 Å². The Labute approximate surface area is 112 Å². The summed E-state index contributed by atoms with van der Waals surface area (Å²) in [6.45, 7) is 0.135. The normalized spacial score (nSPS) is 20.6. The number of rotatable bonds is 1. The molecule has 1 atom stereocenters. The molecule has 0 aliphatic carbocycles. The quantitative estimate of drug-likeness (QED) is 0.788. The van der Waals surface area contributed by atoms with E-state index in [-0.39, 0.29) is 18.3 Å². The Morgan fingerprint density at radius 2 is 2.11 bits per heavy atom. The lowest BCUT2D eigenvalue weighted by molar-refractivity contribution is 0.0823. The molecule has 0 radical (unpaired) electrons. The highest BCUT2D eigenvalue weighted by Gasteiger charge is 2.28. The maximum Gasteiger partial charge on any atom is 0.506 e. The van der Waals surface area contributed by atoms with Crippen LogP contribution >= 0.6 is 11.8 Å². The Morgan fingerprint density at radius 3 is 2.84 bits per heavy atom. The van der Waals surface area contributed by atoms with Crippen LogP contribution in [0.3, 0.4) is 0 Å². The molecule has 2 heterocycles. The maximum absolute atomic E-state index is 12.0. The van der Waals surface area contributed by atoms with Gasteiger partial charge in [-0.25, -0.2) is 4.79 Å². The molecule has 1 N–H and O–H groups in total. The van der Waals surface area contributed by atoms with Gasteiger partial charge in [0.15, 0.2) is 22.7 Å². The van der Waals surface area contributed by atoms with Gasteiger partial charge in [0.05, 0.1) is 5.75 Å². The number of Topliss-reactive ketones (excluding diaryl/α,β-unsaturated/α-hetero) is 1. The van der Waals surface area contributed by atoms with Crippen LogP contribution in [-0.2, 0) is 11.2 Å². The van der Waals surface area contributed by atoms with Crippen LogP contribution in [-0.4, -0.2) is 35.0 Å². The number of thioether (sulfide) groups is 1. The van der Waals surface area contributed by atoms with Crippen molar-refractivity contribution in [1.29, 1.82) is 0 Å². The van der Waals surface area contributed by atoms with Crippen LogP contribution in [0.5, 0.6) is 11.5 Å². The lowest BCUT2D eigenvalue weighted by Crippen LogP contribution is -2.15. The van der Waals surface area contributed by atoms with Crippen molar-refractivity contribution in [1.82, 2.24) is 0 Å². The molecule has 0 saturated carbocycles.